The van der Waals surface area contributed by atoms with Gasteiger partial charge >= 0.3 is 0 Å². The highest BCUT2D eigenvalue weighted by molar-refractivity contribution is 7.99. The molecule has 1 N–H and O–H groups in total. The molecule has 0 aliphatic rings. The number of amides is 1. The Morgan fingerprint density at radius 3 is 2.95 bits per heavy atom. The fourth-order valence-electron chi connectivity index (χ4n) is 1.72. The van der Waals surface area contributed by atoms with Crippen LogP contribution in [0.4, 0.5) is 0 Å². The monoisotopic (exact) mass is 339 g/mol. The van der Waals surface area contributed by atoms with Gasteiger partial charge in [-0.05, 0) is 35.9 Å². The number of hydrogen-bond acceptors (Lipinski definition) is 7. The van der Waals surface area contributed by atoms with E-state index in [9.17, 15) is 9.59 Å². The number of hydrogen-bond donors (Lipinski definition) is 1. The summed E-state index contributed by atoms with van der Waals surface area (Å²) in [5.41, 5.74) is 0. The summed E-state index contributed by atoms with van der Waals surface area (Å²) in [5.74, 6) is 0.329. The number of carbonyl (C=O) groups is 2. The van der Waals surface area contributed by atoms with Gasteiger partial charge in [-0.2, -0.15) is 0 Å². The van der Waals surface area contributed by atoms with E-state index in [1.54, 1.807) is 4.68 Å². The topological polar surface area (TPSA) is 89.8 Å². The molecule has 7 nitrogen and oxygen atoms in total. The molecule has 0 bridgehead atoms. The van der Waals surface area contributed by atoms with Crippen LogP contribution in [0, 0.1) is 0 Å². The van der Waals surface area contributed by atoms with Crippen LogP contribution in [-0.2, 0) is 17.8 Å². The van der Waals surface area contributed by atoms with Crippen molar-refractivity contribution in [3.05, 3.63) is 21.9 Å². The molecular formula is C13H17N5O2S2. The molecule has 0 unspecified atom stereocenters. The molecule has 0 saturated carbocycles. The van der Waals surface area contributed by atoms with Gasteiger partial charge in [0.1, 0.15) is 0 Å². The summed E-state index contributed by atoms with van der Waals surface area (Å²) in [5, 5.41) is 14.7. The number of thiophene rings is 1. The van der Waals surface area contributed by atoms with E-state index in [1.807, 2.05) is 19.1 Å². The first kappa shape index (κ1) is 16.6. The normalized spacial score (nSPS) is 10.6. The van der Waals surface area contributed by atoms with Crippen molar-refractivity contribution < 1.29 is 9.59 Å². The van der Waals surface area contributed by atoms with Crippen molar-refractivity contribution in [2.45, 2.75) is 32.0 Å². The second kappa shape index (κ2) is 8.04. The van der Waals surface area contributed by atoms with E-state index < -0.39 is 0 Å². The van der Waals surface area contributed by atoms with Crippen LogP contribution >= 0.6 is 23.1 Å². The van der Waals surface area contributed by atoms with E-state index in [-0.39, 0.29) is 11.7 Å². The van der Waals surface area contributed by atoms with Gasteiger partial charge in [-0.1, -0.05) is 11.8 Å². The Morgan fingerprint density at radius 2 is 2.23 bits per heavy atom. The number of thioether (sulfide) groups is 1. The molecule has 22 heavy (non-hydrogen) atoms. The number of tetrazole rings is 1. The largest absolute Gasteiger partial charge is 0.356 e. The lowest BCUT2D eigenvalue weighted by Crippen LogP contribution is -2.22. The zero-order valence-electron chi connectivity index (χ0n) is 12.4. The quantitative estimate of drug-likeness (QED) is 0.578. The molecule has 0 atom stereocenters. The summed E-state index contributed by atoms with van der Waals surface area (Å²) in [6.07, 6.45) is 0.735. The van der Waals surface area contributed by atoms with Crippen LogP contribution in [0.25, 0.3) is 0 Å². The number of nitrogens with zero attached hydrogens (tertiary/aromatic N) is 4. The van der Waals surface area contributed by atoms with Gasteiger partial charge in [-0.15, -0.1) is 16.4 Å². The van der Waals surface area contributed by atoms with Crippen LogP contribution in [-0.4, -0.2) is 44.2 Å². The molecule has 2 rings (SSSR count). The molecule has 0 saturated heterocycles. The maximum atomic E-state index is 12.2. The zero-order chi connectivity index (χ0) is 15.9. The van der Waals surface area contributed by atoms with Crippen LogP contribution in [0.2, 0.25) is 0 Å². The van der Waals surface area contributed by atoms with Crippen LogP contribution in [0.3, 0.4) is 0 Å². The van der Waals surface area contributed by atoms with Crippen LogP contribution in [0.1, 0.15) is 28.4 Å². The third-order valence-corrected chi connectivity index (χ3v) is 4.96. The highest BCUT2D eigenvalue weighted by atomic mass is 32.2. The summed E-state index contributed by atoms with van der Waals surface area (Å²) >= 11 is 2.81. The predicted octanol–water partition coefficient (Wildman–Crippen LogP) is 1.41. The van der Waals surface area contributed by atoms with Crippen LogP contribution < -0.4 is 5.32 Å². The molecule has 118 valence electrons. The summed E-state index contributed by atoms with van der Waals surface area (Å²) in [4.78, 5) is 24.8. The molecular weight excluding hydrogens is 322 g/mol. The minimum atomic E-state index is -0.0436. The number of ketones is 1. The molecule has 2 heterocycles. The minimum Gasteiger partial charge on any atom is -0.356 e. The standard InChI is InChI=1S/C13H17N5O2S2/c1-3-18-13(15-16-17-18)21-8-11(20)12-5-4-10(22-12)6-7-14-9(2)19/h4-5H,3,6-8H2,1-2H3,(H,14,19). The Bertz CT molecular complexity index is 652. The van der Waals surface area contributed by atoms with E-state index >= 15 is 0 Å². The van der Waals surface area contributed by atoms with Gasteiger partial charge in [-0.25, -0.2) is 4.68 Å². The number of rotatable bonds is 8. The lowest BCUT2D eigenvalue weighted by molar-refractivity contribution is -0.118. The van der Waals surface area contributed by atoms with Gasteiger partial charge in [0, 0.05) is 24.9 Å². The predicted molar refractivity (Wildman–Crippen MR) is 85.3 cm³/mol. The third-order valence-electron chi connectivity index (χ3n) is 2.81. The first-order valence-corrected chi connectivity index (χ1v) is 8.65. The second-order valence-electron chi connectivity index (χ2n) is 4.49. The number of nitrogens with one attached hydrogen (secondary N) is 1. The average molecular weight is 339 g/mol. The van der Waals surface area contributed by atoms with E-state index in [2.05, 4.69) is 20.8 Å². The average Bonchev–Trinajstić information content (AvgIpc) is 3.13. The number of Topliss-reactive ketones (excluding diaryl/α,β-unsaturated/α-hetero) is 1. The second-order valence-corrected chi connectivity index (χ2v) is 6.60. The summed E-state index contributed by atoms with van der Waals surface area (Å²) in [6, 6.07) is 3.76. The lowest BCUT2D eigenvalue weighted by atomic mass is 10.3. The van der Waals surface area contributed by atoms with Crippen molar-refractivity contribution in [3.8, 4) is 0 Å². The molecule has 0 aliphatic carbocycles. The van der Waals surface area contributed by atoms with Crippen molar-refractivity contribution in [3.63, 3.8) is 0 Å². The lowest BCUT2D eigenvalue weighted by Gasteiger charge is -2.00. The first-order chi connectivity index (χ1) is 10.6. The third kappa shape index (κ3) is 4.63. The van der Waals surface area contributed by atoms with Crippen molar-refractivity contribution in [1.82, 2.24) is 25.5 Å². The molecule has 0 spiro atoms. The van der Waals surface area contributed by atoms with E-state index in [0.29, 0.717) is 24.0 Å². The van der Waals surface area contributed by atoms with Gasteiger partial charge < -0.3 is 5.32 Å². The Morgan fingerprint density at radius 1 is 1.41 bits per heavy atom. The maximum absolute atomic E-state index is 12.2. The van der Waals surface area contributed by atoms with Crippen molar-refractivity contribution in [2.75, 3.05) is 12.3 Å². The molecule has 2 aromatic rings. The number of aryl methyl sites for hydroxylation is 1. The minimum absolute atomic E-state index is 0.0436. The fraction of sp³-hybridized carbons (Fsp3) is 0.462. The fourth-order valence-corrected chi connectivity index (χ4v) is 3.58. The van der Waals surface area contributed by atoms with Crippen LogP contribution in [0.5, 0.6) is 0 Å². The van der Waals surface area contributed by atoms with Crippen LogP contribution in [0.15, 0.2) is 17.3 Å². The zero-order valence-corrected chi connectivity index (χ0v) is 14.0. The van der Waals surface area contributed by atoms with E-state index in [1.165, 1.54) is 30.0 Å². The van der Waals surface area contributed by atoms with E-state index in [4.69, 9.17) is 0 Å². The molecule has 9 heteroatoms. The SMILES string of the molecule is CCn1nnnc1SCC(=O)c1ccc(CCNC(C)=O)s1. The van der Waals surface area contributed by atoms with Gasteiger partial charge in [0.15, 0.2) is 5.78 Å². The molecule has 0 fully saturated rings. The van der Waals surface area contributed by atoms with Crippen molar-refractivity contribution in [2.24, 2.45) is 0 Å². The van der Waals surface area contributed by atoms with Crippen molar-refractivity contribution in [1.29, 1.82) is 0 Å². The Labute approximate surface area is 136 Å². The molecule has 0 aliphatic heterocycles. The Balaban J connectivity index is 1.85. The van der Waals surface area contributed by atoms with Crippen molar-refractivity contribution >= 4 is 34.8 Å². The molecule has 0 aromatic carbocycles. The highest BCUT2D eigenvalue weighted by Gasteiger charge is 2.13. The number of aromatic nitrogens is 4. The van der Waals surface area contributed by atoms with Gasteiger partial charge in [0.05, 0.1) is 10.6 Å². The highest BCUT2D eigenvalue weighted by Crippen LogP contribution is 2.21. The van der Waals surface area contributed by atoms with E-state index in [0.717, 1.165) is 16.2 Å². The Kier molecular flexibility index (Phi) is 6.08. The number of carbonyl (C=O) groups excluding carboxylic acids is 2. The van der Waals surface area contributed by atoms with Gasteiger partial charge in [0.25, 0.3) is 0 Å². The smallest absolute Gasteiger partial charge is 0.216 e. The first-order valence-electron chi connectivity index (χ1n) is 6.85. The molecule has 2 aromatic heterocycles. The maximum Gasteiger partial charge on any atom is 0.216 e. The summed E-state index contributed by atoms with van der Waals surface area (Å²) in [6.45, 7) is 4.70. The summed E-state index contributed by atoms with van der Waals surface area (Å²) < 4.78 is 1.66. The Hall–Kier alpha value is -1.74. The molecule has 1 amide bonds. The summed E-state index contributed by atoms with van der Waals surface area (Å²) in [7, 11) is 0. The van der Waals surface area contributed by atoms with Gasteiger partial charge in [0.2, 0.25) is 11.1 Å². The van der Waals surface area contributed by atoms with Gasteiger partial charge in [-0.3, -0.25) is 9.59 Å². The molecule has 0 radical (unpaired) electrons.